The van der Waals surface area contributed by atoms with Crippen molar-refractivity contribution < 1.29 is 4.74 Å². The van der Waals surface area contributed by atoms with Gasteiger partial charge in [0.2, 0.25) is 0 Å². The van der Waals surface area contributed by atoms with Gasteiger partial charge in [-0.3, -0.25) is 0 Å². The molecule has 0 fully saturated rings. The lowest BCUT2D eigenvalue weighted by Gasteiger charge is -2.13. The van der Waals surface area contributed by atoms with Crippen molar-refractivity contribution >= 4 is 51.5 Å². The summed E-state index contributed by atoms with van der Waals surface area (Å²) in [7, 11) is 0. The molecule has 0 atom stereocenters. The summed E-state index contributed by atoms with van der Waals surface area (Å²) in [6.45, 7) is 4.39. The molecule has 2 aromatic carbocycles. The van der Waals surface area contributed by atoms with E-state index in [0.717, 1.165) is 34.4 Å². The van der Waals surface area contributed by atoms with Crippen molar-refractivity contribution in [3.05, 3.63) is 62.0 Å². The Morgan fingerprint density at radius 1 is 1.08 bits per heavy atom. The summed E-state index contributed by atoms with van der Waals surface area (Å²) in [4.78, 5) is 0. The first-order valence-corrected chi connectivity index (χ1v) is 9.21. The van der Waals surface area contributed by atoms with Crippen LogP contribution in [0.5, 0.6) is 5.75 Å². The van der Waals surface area contributed by atoms with E-state index in [4.69, 9.17) is 27.9 Å². The van der Waals surface area contributed by atoms with Crippen molar-refractivity contribution in [2.45, 2.75) is 32.9 Å². The lowest BCUT2D eigenvalue weighted by atomic mass is 10.2. The first kappa shape index (κ1) is 21.6. The molecule has 0 bridgehead atoms. The Morgan fingerprint density at radius 2 is 1.88 bits per heavy atom. The van der Waals surface area contributed by atoms with E-state index in [0.29, 0.717) is 16.7 Å². The average Bonchev–Trinajstić information content (AvgIpc) is 2.52. The predicted octanol–water partition coefficient (Wildman–Crippen LogP) is 6.65. The van der Waals surface area contributed by atoms with Gasteiger partial charge in [-0.25, -0.2) is 0 Å². The SMILES string of the molecule is CCCCNCc1cc(Br)ccc1OCc1ccc(Cl)cc1Cl.Cl. The fraction of sp³-hybridized carbons (Fsp3) is 0.333. The van der Waals surface area contributed by atoms with Gasteiger partial charge in [0, 0.05) is 32.2 Å². The first-order chi connectivity index (χ1) is 11.1. The first-order valence-electron chi connectivity index (χ1n) is 7.66. The van der Waals surface area contributed by atoms with Gasteiger partial charge in [0.25, 0.3) is 0 Å². The van der Waals surface area contributed by atoms with E-state index in [1.807, 2.05) is 24.3 Å². The summed E-state index contributed by atoms with van der Waals surface area (Å²) in [5, 5.41) is 4.69. The molecule has 0 heterocycles. The van der Waals surface area contributed by atoms with Gasteiger partial charge in [-0.05, 0) is 43.3 Å². The number of nitrogens with one attached hydrogen (secondary N) is 1. The summed E-state index contributed by atoms with van der Waals surface area (Å²) in [6, 6.07) is 11.5. The average molecular weight is 454 g/mol. The van der Waals surface area contributed by atoms with Crippen LogP contribution in [0.3, 0.4) is 0 Å². The molecule has 0 unspecified atom stereocenters. The van der Waals surface area contributed by atoms with Crippen molar-refractivity contribution in [3.63, 3.8) is 0 Å². The Balaban J connectivity index is 0.00000288. The molecule has 2 aromatic rings. The predicted molar refractivity (Wildman–Crippen MR) is 109 cm³/mol. The number of unbranched alkanes of at least 4 members (excludes halogenated alkanes) is 1. The van der Waals surface area contributed by atoms with Crippen molar-refractivity contribution in [3.8, 4) is 5.75 Å². The second-order valence-corrected chi connectivity index (χ2v) is 7.07. The molecule has 2 rings (SSSR count). The Morgan fingerprint density at radius 3 is 2.58 bits per heavy atom. The topological polar surface area (TPSA) is 21.3 Å². The van der Waals surface area contributed by atoms with Crippen LogP contribution >= 0.6 is 51.5 Å². The molecular formula is C18H21BrCl3NO. The van der Waals surface area contributed by atoms with Gasteiger partial charge >= 0.3 is 0 Å². The normalized spacial score (nSPS) is 10.3. The molecule has 0 saturated heterocycles. The van der Waals surface area contributed by atoms with Crippen LogP contribution in [-0.2, 0) is 13.2 Å². The highest BCUT2D eigenvalue weighted by Gasteiger charge is 2.07. The number of benzene rings is 2. The smallest absolute Gasteiger partial charge is 0.124 e. The molecule has 24 heavy (non-hydrogen) atoms. The third kappa shape index (κ3) is 6.81. The van der Waals surface area contributed by atoms with Gasteiger partial charge in [0.1, 0.15) is 12.4 Å². The number of ether oxygens (including phenoxy) is 1. The van der Waals surface area contributed by atoms with Gasteiger partial charge in [0.15, 0.2) is 0 Å². The van der Waals surface area contributed by atoms with E-state index >= 15 is 0 Å². The molecule has 0 aromatic heterocycles. The second-order valence-electron chi connectivity index (χ2n) is 5.31. The van der Waals surface area contributed by atoms with Crippen LogP contribution in [-0.4, -0.2) is 6.54 Å². The standard InChI is InChI=1S/C18H20BrCl2NO.ClH/c1-2-3-8-22-11-14-9-15(19)5-7-18(14)23-12-13-4-6-16(20)10-17(13)21;/h4-7,9-10,22H,2-3,8,11-12H2,1H3;1H. The Hall–Kier alpha value is -0.450. The minimum Gasteiger partial charge on any atom is -0.489 e. The van der Waals surface area contributed by atoms with Crippen LogP contribution in [0.25, 0.3) is 0 Å². The van der Waals surface area contributed by atoms with E-state index in [-0.39, 0.29) is 12.4 Å². The summed E-state index contributed by atoms with van der Waals surface area (Å²) >= 11 is 15.6. The molecule has 0 amide bonds. The van der Waals surface area contributed by atoms with Crippen LogP contribution in [0.15, 0.2) is 40.9 Å². The van der Waals surface area contributed by atoms with Gasteiger partial charge in [0.05, 0.1) is 0 Å². The van der Waals surface area contributed by atoms with Crippen LogP contribution in [0, 0.1) is 0 Å². The quantitative estimate of drug-likeness (QED) is 0.452. The molecular weight excluding hydrogens is 432 g/mol. The maximum atomic E-state index is 6.19. The van der Waals surface area contributed by atoms with Crippen LogP contribution in [0.4, 0.5) is 0 Å². The van der Waals surface area contributed by atoms with E-state index < -0.39 is 0 Å². The zero-order valence-corrected chi connectivity index (χ0v) is 17.4. The number of rotatable bonds is 8. The lowest BCUT2D eigenvalue weighted by molar-refractivity contribution is 0.302. The van der Waals surface area contributed by atoms with Crippen LogP contribution < -0.4 is 10.1 Å². The fourth-order valence-corrected chi connectivity index (χ4v) is 3.02. The van der Waals surface area contributed by atoms with Crippen molar-refractivity contribution in [2.24, 2.45) is 0 Å². The van der Waals surface area contributed by atoms with E-state index in [2.05, 4.69) is 34.2 Å². The Labute approximate surface area is 168 Å². The highest BCUT2D eigenvalue weighted by atomic mass is 79.9. The maximum absolute atomic E-state index is 6.19. The molecule has 1 N–H and O–H groups in total. The van der Waals surface area contributed by atoms with Crippen molar-refractivity contribution in [1.82, 2.24) is 5.32 Å². The number of hydrogen-bond donors (Lipinski definition) is 1. The van der Waals surface area contributed by atoms with Crippen LogP contribution in [0.1, 0.15) is 30.9 Å². The minimum atomic E-state index is 0. The maximum Gasteiger partial charge on any atom is 0.124 e. The van der Waals surface area contributed by atoms with E-state index in [1.165, 1.54) is 12.8 Å². The molecule has 0 spiro atoms. The zero-order valence-electron chi connectivity index (χ0n) is 13.5. The molecule has 132 valence electrons. The summed E-state index contributed by atoms with van der Waals surface area (Å²) < 4.78 is 7.01. The largest absolute Gasteiger partial charge is 0.489 e. The van der Waals surface area contributed by atoms with Crippen molar-refractivity contribution in [2.75, 3.05) is 6.54 Å². The van der Waals surface area contributed by atoms with E-state index in [9.17, 15) is 0 Å². The van der Waals surface area contributed by atoms with Gasteiger partial charge < -0.3 is 10.1 Å². The second kappa shape index (κ2) is 11.2. The highest BCUT2D eigenvalue weighted by molar-refractivity contribution is 9.10. The number of halogens is 4. The molecule has 2 nitrogen and oxygen atoms in total. The summed E-state index contributed by atoms with van der Waals surface area (Å²) in [5.41, 5.74) is 2.05. The molecule has 0 aliphatic heterocycles. The van der Waals surface area contributed by atoms with Gasteiger partial charge in [-0.1, -0.05) is 58.5 Å². The minimum absolute atomic E-state index is 0. The summed E-state index contributed by atoms with van der Waals surface area (Å²) in [5.74, 6) is 0.864. The number of hydrogen-bond acceptors (Lipinski definition) is 2. The van der Waals surface area contributed by atoms with E-state index in [1.54, 1.807) is 6.07 Å². The molecule has 0 aliphatic carbocycles. The highest BCUT2D eigenvalue weighted by Crippen LogP contribution is 2.26. The molecule has 0 saturated carbocycles. The third-order valence-corrected chi connectivity index (χ3v) is 4.52. The van der Waals surface area contributed by atoms with Crippen molar-refractivity contribution in [1.29, 1.82) is 0 Å². The Bertz CT molecular complexity index is 652. The zero-order chi connectivity index (χ0) is 16.7. The monoisotopic (exact) mass is 451 g/mol. The molecule has 0 aliphatic rings. The fourth-order valence-electron chi connectivity index (χ4n) is 2.15. The van der Waals surface area contributed by atoms with Gasteiger partial charge in [-0.15, -0.1) is 12.4 Å². The van der Waals surface area contributed by atoms with Gasteiger partial charge in [-0.2, -0.15) is 0 Å². The lowest BCUT2D eigenvalue weighted by Crippen LogP contribution is -2.15. The van der Waals surface area contributed by atoms with Crippen LogP contribution in [0.2, 0.25) is 10.0 Å². The third-order valence-electron chi connectivity index (χ3n) is 3.44. The Kier molecular flexibility index (Phi) is 10.1. The summed E-state index contributed by atoms with van der Waals surface area (Å²) in [6.07, 6.45) is 2.36. The molecule has 6 heteroatoms. The molecule has 0 radical (unpaired) electrons.